The summed E-state index contributed by atoms with van der Waals surface area (Å²) in [6.45, 7) is 2.05. The van der Waals surface area contributed by atoms with Crippen LogP contribution in [0.15, 0.2) is 18.2 Å². The third kappa shape index (κ3) is 2.13. The van der Waals surface area contributed by atoms with Crippen molar-refractivity contribution in [2.24, 2.45) is 0 Å². The molecule has 0 aliphatic heterocycles. The number of nitrogens with two attached hydrogens (primary N) is 1. The number of hydrazine groups is 1. The number of hydrogen-bond acceptors (Lipinski definition) is 3. The van der Waals surface area contributed by atoms with E-state index in [0.717, 1.165) is 11.4 Å². The normalized spacial score (nSPS) is 10.3. The Morgan fingerprint density at radius 3 is 2.58 bits per heavy atom. The molecule has 0 aliphatic rings. The molecular weight excluding hydrogens is 150 g/mol. The van der Waals surface area contributed by atoms with Crippen LogP contribution >= 0.6 is 0 Å². The summed E-state index contributed by atoms with van der Waals surface area (Å²) in [5.41, 5.74) is 11.8. The van der Waals surface area contributed by atoms with Gasteiger partial charge in [-0.2, -0.15) is 0 Å². The monoisotopic (exact) mass is 165 g/mol. The molecule has 1 aromatic carbocycles. The molecule has 0 atom stereocenters. The summed E-state index contributed by atoms with van der Waals surface area (Å²) in [7, 11) is 3.89. The number of rotatable bonds is 2. The molecule has 66 valence electrons. The van der Waals surface area contributed by atoms with Gasteiger partial charge in [-0.15, -0.1) is 0 Å². The van der Waals surface area contributed by atoms with Crippen molar-refractivity contribution in [2.75, 3.05) is 25.3 Å². The molecule has 0 fully saturated rings. The topological polar surface area (TPSA) is 41.3 Å². The highest BCUT2D eigenvalue weighted by atomic mass is 15.5. The third-order valence-corrected chi connectivity index (χ3v) is 1.61. The van der Waals surface area contributed by atoms with Crippen LogP contribution in [0, 0.1) is 6.92 Å². The fourth-order valence-electron chi connectivity index (χ4n) is 1.00. The summed E-state index contributed by atoms with van der Waals surface area (Å²) in [4.78, 5) is 0. The van der Waals surface area contributed by atoms with Gasteiger partial charge < -0.3 is 11.2 Å². The van der Waals surface area contributed by atoms with Gasteiger partial charge in [0.25, 0.3) is 0 Å². The van der Waals surface area contributed by atoms with Crippen LogP contribution in [0.2, 0.25) is 0 Å². The highest BCUT2D eigenvalue weighted by Crippen LogP contribution is 2.17. The first-order chi connectivity index (χ1) is 5.59. The Morgan fingerprint density at radius 1 is 1.33 bits per heavy atom. The van der Waals surface area contributed by atoms with Gasteiger partial charge >= 0.3 is 0 Å². The first kappa shape index (κ1) is 8.87. The lowest BCUT2D eigenvalue weighted by Gasteiger charge is -2.15. The Morgan fingerprint density at radius 2 is 2.00 bits per heavy atom. The summed E-state index contributed by atoms with van der Waals surface area (Å²) in [5, 5.41) is 1.89. The van der Waals surface area contributed by atoms with E-state index in [1.807, 2.05) is 44.2 Å². The fraction of sp³-hybridized carbons (Fsp3) is 0.333. The molecule has 1 rings (SSSR count). The van der Waals surface area contributed by atoms with E-state index in [1.54, 1.807) is 0 Å². The number of hydrogen-bond donors (Lipinski definition) is 2. The van der Waals surface area contributed by atoms with Gasteiger partial charge in [-0.3, -0.25) is 0 Å². The van der Waals surface area contributed by atoms with Crippen molar-refractivity contribution in [3.8, 4) is 0 Å². The van der Waals surface area contributed by atoms with Crippen molar-refractivity contribution < 1.29 is 0 Å². The Hall–Kier alpha value is -1.22. The lowest BCUT2D eigenvalue weighted by Crippen LogP contribution is -2.20. The van der Waals surface area contributed by atoms with Crippen molar-refractivity contribution in [1.82, 2.24) is 5.01 Å². The van der Waals surface area contributed by atoms with Crippen LogP contribution in [0.3, 0.4) is 0 Å². The Labute approximate surface area is 73.1 Å². The molecule has 0 radical (unpaired) electrons. The first-order valence-electron chi connectivity index (χ1n) is 3.89. The van der Waals surface area contributed by atoms with Gasteiger partial charge in [0.2, 0.25) is 0 Å². The lowest BCUT2D eigenvalue weighted by atomic mass is 10.2. The van der Waals surface area contributed by atoms with Crippen LogP contribution in [-0.2, 0) is 0 Å². The van der Waals surface area contributed by atoms with Gasteiger partial charge in [0.1, 0.15) is 0 Å². The number of nitrogens with one attached hydrogen (secondary N) is 1. The van der Waals surface area contributed by atoms with Crippen LogP contribution in [0.5, 0.6) is 0 Å². The van der Waals surface area contributed by atoms with Crippen LogP contribution in [-0.4, -0.2) is 19.1 Å². The number of nitrogen functional groups attached to an aromatic ring is 1. The molecule has 0 unspecified atom stereocenters. The molecule has 0 saturated carbocycles. The summed E-state index contributed by atoms with van der Waals surface area (Å²) >= 11 is 0. The molecular formula is C9H15N3. The van der Waals surface area contributed by atoms with Crippen molar-refractivity contribution in [1.29, 1.82) is 0 Å². The maximum atomic E-state index is 5.64. The van der Waals surface area contributed by atoms with Crippen LogP contribution in [0.4, 0.5) is 11.4 Å². The summed E-state index contributed by atoms with van der Waals surface area (Å²) in [5.74, 6) is 0. The van der Waals surface area contributed by atoms with Crippen molar-refractivity contribution >= 4 is 11.4 Å². The third-order valence-electron chi connectivity index (χ3n) is 1.61. The van der Waals surface area contributed by atoms with Gasteiger partial charge in [-0.1, -0.05) is 6.07 Å². The van der Waals surface area contributed by atoms with E-state index in [-0.39, 0.29) is 0 Å². The van der Waals surface area contributed by atoms with Gasteiger partial charge in [-0.25, -0.2) is 5.01 Å². The summed E-state index contributed by atoms with van der Waals surface area (Å²) < 4.78 is 0. The zero-order valence-corrected chi connectivity index (χ0v) is 7.76. The maximum absolute atomic E-state index is 5.64. The minimum Gasteiger partial charge on any atom is -0.399 e. The molecule has 0 spiro atoms. The predicted molar refractivity (Wildman–Crippen MR) is 52.9 cm³/mol. The van der Waals surface area contributed by atoms with Crippen molar-refractivity contribution in [3.05, 3.63) is 23.8 Å². The van der Waals surface area contributed by atoms with E-state index in [9.17, 15) is 0 Å². The fourth-order valence-corrected chi connectivity index (χ4v) is 1.00. The smallest absolute Gasteiger partial charge is 0.0539 e. The minimum absolute atomic E-state index is 0.782. The summed E-state index contributed by atoms with van der Waals surface area (Å²) in [6, 6.07) is 5.83. The van der Waals surface area contributed by atoms with E-state index in [4.69, 9.17) is 5.73 Å². The summed E-state index contributed by atoms with van der Waals surface area (Å²) in [6.07, 6.45) is 0. The minimum atomic E-state index is 0.782. The SMILES string of the molecule is Cc1ccc(N)cc1NN(C)C. The van der Waals surface area contributed by atoms with E-state index in [1.165, 1.54) is 5.56 Å². The quantitative estimate of drug-likeness (QED) is 0.515. The molecule has 0 heterocycles. The average Bonchev–Trinajstić information content (AvgIpc) is 1.96. The molecule has 3 heteroatoms. The van der Waals surface area contributed by atoms with Crippen LogP contribution < -0.4 is 11.2 Å². The number of benzene rings is 1. The molecule has 12 heavy (non-hydrogen) atoms. The van der Waals surface area contributed by atoms with Crippen LogP contribution in [0.25, 0.3) is 0 Å². The first-order valence-corrected chi connectivity index (χ1v) is 3.89. The second-order valence-corrected chi connectivity index (χ2v) is 3.08. The van der Waals surface area contributed by atoms with Gasteiger partial charge in [0.15, 0.2) is 0 Å². The number of aryl methyl sites for hydroxylation is 1. The second-order valence-electron chi connectivity index (χ2n) is 3.08. The van der Waals surface area contributed by atoms with Crippen molar-refractivity contribution in [3.63, 3.8) is 0 Å². The molecule has 3 nitrogen and oxygen atoms in total. The standard InChI is InChI=1S/C9H15N3/c1-7-4-5-8(10)6-9(7)11-12(2)3/h4-6,11H,10H2,1-3H3. The zero-order chi connectivity index (χ0) is 9.14. The average molecular weight is 165 g/mol. The van der Waals surface area contributed by atoms with Gasteiger partial charge in [0.05, 0.1) is 5.69 Å². The Bertz CT molecular complexity index is 268. The second kappa shape index (κ2) is 3.45. The van der Waals surface area contributed by atoms with Crippen LogP contribution in [0.1, 0.15) is 5.56 Å². The van der Waals surface area contributed by atoms with E-state index >= 15 is 0 Å². The molecule has 0 amide bonds. The largest absolute Gasteiger partial charge is 0.399 e. The van der Waals surface area contributed by atoms with E-state index in [2.05, 4.69) is 5.43 Å². The predicted octanol–water partition coefficient (Wildman–Crippen LogP) is 1.47. The van der Waals surface area contributed by atoms with Crippen molar-refractivity contribution in [2.45, 2.75) is 6.92 Å². The molecule has 3 N–H and O–H groups in total. The maximum Gasteiger partial charge on any atom is 0.0539 e. The molecule has 0 saturated heterocycles. The number of nitrogens with zero attached hydrogens (tertiary/aromatic N) is 1. The Balaban J connectivity index is 2.90. The van der Waals surface area contributed by atoms with Gasteiger partial charge in [0, 0.05) is 19.8 Å². The molecule has 0 bridgehead atoms. The van der Waals surface area contributed by atoms with E-state index < -0.39 is 0 Å². The molecule has 0 aromatic heterocycles. The lowest BCUT2D eigenvalue weighted by molar-refractivity contribution is 0.495. The highest BCUT2D eigenvalue weighted by molar-refractivity contribution is 5.58. The number of anilines is 2. The van der Waals surface area contributed by atoms with E-state index in [0.29, 0.717) is 0 Å². The molecule has 1 aromatic rings. The Kier molecular flexibility index (Phi) is 2.55. The van der Waals surface area contributed by atoms with Gasteiger partial charge in [-0.05, 0) is 24.6 Å². The molecule has 0 aliphatic carbocycles. The zero-order valence-electron chi connectivity index (χ0n) is 7.76. The highest BCUT2D eigenvalue weighted by Gasteiger charge is 1.97.